The van der Waals surface area contributed by atoms with E-state index < -0.39 is 23.8 Å². The van der Waals surface area contributed by atoms with Crippen molar-refractivity contribution < 1.29 is 28.6 Å². The summed E-state index contributed by atoms with van der Waals surface area (Å²) in [6, 6.07) is 5.13. The first-order valence-corrected chi connectivity index (χ1v) is 12.7. The van der Waals surface area contributed by atoms with Crippen LogP contribution >= 0.6 is 11.8 Å². The van der Waals surface area contributed by atoms with Crippen LogP contribution in [0.15, 0.2) is 34.5 Å². The van der Waals surface area contributed by atoms with Crippen LogP contribution in [0.25, 0.3) is 0 Å². The number of benzene rings is 1. The van der Waals surface area contributed by atoms with Gasteiger partial charge in [-0.25, -0.2) is 0 Å². The molecule has 184 valence electrons. The largest absolute Gasteiger partial charge is 0.493 e. The van der Waals surface area contributed by atoms with Crippen LogP contribution in [0, 0.1) is 11.3 Å². The molecule has 0 fully saturated rings. The summed E-state index contributed by atoms with van der Waals surface area (Å²) in [4.78, 5) is 42.9. The van der Waals surface area contributed by atoms with Gasteiger partial charge in [0.1, 0.15) is 12.5 Å². The molecular formula is C26H33NO6S. The highest BCUT2D eigenvalue weighted by atomic mass is 32.2. The van der Waals surface area contributed by atoms with Crippen LogP contribution < -0.4 is 9.47 Å². The Morgan fingerprint density at radius 1 is 1.21 bits per heavy atom. The molecular weight excluding hydrogens is 454 g/mol. The van der Waals surface area contributed by atoms with Gasteiger partial charge < -0.3 is 14.2 Å². The molecule has 1 heterocycles. The van der Waals surface area contributed by atoms with Crippen molar-refractivity contribution in [1.29, 1.82) is 0 Å². The molecule has 0 N–H and O–H groups in total. The topological polar surface area (TPSA) is 91.3 Å². The number of allylic oxidation sites excluding steroid dienone is 2. The van der Waals surface area contributed by atoms with E-state index in [1.807, 2.05) is 6.92 Å². The maximum atomic E-state index is 13.4. The van der Waals surface area contributed by atoms with Crippen LogP contribution in [0.2, 0.25) is 0 Å². The predicted molar refractivity (Wildman–Crippen MR) is 133 cm³/mol. The highest BCUT2D eigenvalue weighted by Crippen LogP contribution is 2.48. The zero-order chi connectivity index (χ0) is 25.0. The number of hydrogen-bond donors (Lipinski definition) is 0. The molecule has 0 aromatic heterocycles. The Morgan fingerprint density at radius 2 is 1.94 bits per heavy atom. The van der Waals surface area contributed by atoms with Crippen molar-refractivity contribution in [3.8, 4) is 11.5 Å². The Hall–Kier alpha value is -2.61. The third-order valence-electron chi connectivity index (χ3n) is 6.03. The number of carbonyl (C=O) groups excluding carboxylic acids is 3. The average Bonchev–Trinajstić information content (AvgIpc) is 2.74. The third-order valence-corrected chi connectivity index (χ3v) is 6.90. The molecule has 0 amide bonds. The lowest BCUT2D eigenvalue weighted by atomic mass is 9.67. The summed E-state index contributed by atoms with van der Waals surface area (Å²) >= 11 is 1.70. The fraction of sp³-hybridized carbons (Fsp3) is 0.538. The zero-order valence-electron chi connectivity index (χ0n) is 20.7. The number of Topliss-reactive ketones (excluding diaryl/α,β-unsaturated/α-hetero) is 1. The maximum Gasteiger partial charge on any atom is 0.315 e. The molecule has 0 radical (unpaired) electrons. The van der Waals surface area contributed by atoms with Crippen LogP contribution in [-0.4, -0.2) is 48.7 Å². The standard InChI is InChI=1S/C26H33NO6S/c1-7-34-11-10-32-25(30)22-15(2)27-18-13-26(4,5)14-19(29)24(18)23(22)17-8-9-20(33-16(3)28)21(12-17)31-6/h8-9,12,22-23H,7,10-11,13-14H2,1-6H3. The van der Waals surface area contributed by atoms with Crippen molar-refractivity contribution in [2.45, 2.75) is 53.4 Å². The summed E-state index contributed by atoms with van der Waals surface area (Å²) in [7, 11) is 1.48. The summed E-state index contributed by atoms with van der Waals surface area (Å²) in [6.45, 7) is 9.60. The molecule has 34 heavy (non-hydrogen) atoms. The first kappa shape index (κ1) is 26.0. The predicted octanol–water partition coefficient (Wildman–Crippen LogP) is 4.73. The normalized spacial score (nSPS) is 21.5. The summed E-state index contributed by atoms with van der Waals surface area (Å²) in [5.41, 5.74) is 2.44. The van der Waals surface area contributed by atoms with Crippen molar-refractivity contribution in [3.05, 3.63) is 35.0 Å². The van der Waals surface area contributed by atoms with E-state index in [4.69, 9.17) is 19.2 Å². The fourth-order valence-electron chi connectivity index (χ4n) is 4.66. The van der Waals surface area contributed by atoms with E-state index in [0.29, 0.717) is 47.8 Å². The SMILES string of the molecule is CCSCCOC(=O)C1C(C)=NC2=C(C(=O)CC(C)(C)C2)C1c1ccc(OC(C)=O)c(OC)c1. The molecule has 0 spiro atoms. The first-order valence-electron chi connectivity index (χ1n) is 11.5. The van der Waals surface area contributed by atoms with Crippen LogP contribution in [-0.2, 0) is 19.1 Å². The molecule has 2 unspecified atom stereocenters. The van der Waals surface area contributed by atoms with Gasteiger partial charge in [0.25, 0.3) is 0 Å². The molecule has 1 aromatic carbocycles. The zero-order valence-corrected chi connectivity index (χ0v) is 21.5. The monoisotopic (exact) mass is 487 g/mol. The summed E-state index contributed by atoms with van der Waals surface area (Å²) in [5, 5.41) is 0. The number of hydrogen-bond acceptors (Lipinski definition) is 8. The molecule has 2 atom stereocenters. The minimum Gasteiger partial charge on any atom is -0.493 e. The fourth-order valence-corrected chi connectivity index (χ4v) is 5.15. The van der Waals surface area contributed by atoms with Crippen LogP contribution in [0.1, 0.15) is 58.9 Å². The summed E-state index contributed by atoms with van der Waals surface area (Å²) in [6.07, 6.45) is 1.04. The van der Waals surface area contributed by atoms with Gasteiger partial charge in [0.05, 0.1) is 7.11 Å². The van der Waals surface area contributed by atoms with Crippen molar-refractivity contribution in [2.75, 3.05) is 25.2 Å². The summed E-state index contributed by atoms with van der Waals surface area (Å²) < 4.78 is 16.3. The molecule has 1 aromatic rings. The van der Waals surface area contributed by atoms with Crippen molar-refractivity contribution in [2.24, 2.45) is 16.3 Å². The quantitative estimate of drug-likeness (QED) is 0.297. The number of ketones is 1. The highest BCUT2D eigenvalue weighted by molar-refractivity contribution is 7.99. The van der Waals surface area contributed by atoms with Gasteiger partial charge in [-0.15, -0.1) is 0 Å². The van der Waals surface area contributed by atoms with E-state index in [0.717, 1.165) is 11.4 Å². The Morgan fingerprint density at radius 3 is 2.59 bits per heavy atom. The van der Waals surface area contributed by atoms with Crippen LogP contribution in [0.3, 0.4) is 0 Å². The van der Waals surface area contributed by atoms with Crippen molar-refractivity contribution in [1.82, 2.24) is 0 Å². The lowest BCUT2D eigenvalue weighted by Gasteiger charge is -2.39. The van der Waals surface area contributed by atoms with E-state index in [1.54, 1.807) is 30.0 Å². The Balaban J connectivity index is 2.08. The average molecular weight is 488 g/mol. The number of methoxy groups -OCH3 is 1. The second-order valence-electron chi connectivity index (χ2n) is 9.38. The molecule has 0 bridgehead atoms. The van der Waals surface area contributed by atoms with Gasteiger partial charge in [0.2, 0.25) is 0 Å². The highest BCUT2D eigenvalue weighted by Gasteiger charge is 2.46. The van der Waals surface area contributed by atoms with E-state index >= 15 is 0 Å². The number of nitrogens with zero attached hydrogens (tertiary/aromatic N) is 1. The molecule has 1 aliphatic carbocycles. The van der Waals surface area contributed by atoms with E-state index in [9.17, 15) is 14.4 Å². The number of ether oxygens (including phenoxy) is 3. The number of rotatable bonds is 8. The number of aliphatic imine (C=N–C) groups is 1. The van der Waals surface area contributed by atoms with Gasteiger partial charge in [0.15, 0.2) is 17.3 Å². The van der Waals surface area contributed by atoms with Crippen LogP contribution in [0.4, 0.5) is 0 Å². The molecule has 1 aliphatic heterocycles. The van der Waals surface area contributed by atoms with E-state index in [-0.39, 0.29) is 16.9 Å². The van der Waals surface area contributed by atoms with Crippen LogP contribution in [0.5, 0.6) is 11.5 Å². The van der Waals surface area contributed by atoms with Crippen molar-refractivity contribution >= 4 is 35.2 Å². The molecule has 2 aliphatic rings. The lowest BCUT2D eigenvalue weighted by molar-refractivity contribution is -0.146. The van der Waals surface area contributed by atoms with Gasteiger partial charge in [-0.05, 0) is 42.2 Å². The van der Waals surface area contributed by atoms with Gasteiger partial charge in [-0.1, -0.05) is 26.8 Å². The summed E-state index contributed by atoms with van der Waals surface area (Å²) in [5.74, 6) is 0.146. The number of thioether (sulfide) groups is 1. The molecule has 3 rings (SSSR count). The smallest absolute Gasteiger partial charge is 0.315 e. The van der Waals surface area contributed by atoms with E-state index in [1.165, 1.54) is 14.0 Å². The Labute approximate surface area is 205 Å². The molecule has 7 nitrogen and oxygen atoms in total. The third kappa shape index (κ3) is 5.71. The lowest BCUT2D eigenvalue weighted by Crippen LogP contribution is -2.39. The minimum absolute atomic E-state index is 0.00475. The number of carbonyl (C=O) groups is 3. The molecule has 0 saturated heterocycles. The van der Waals surface area contributed by atoms with E-state index in [2.05, 4.69) is 20.8 Å². The van der Waals surface area contributed by atoms with Crippen molar-refractivity contribution in [3.63, 3.8) is 0 Å². The second-order valence-corrected chi connectivity index (χ2v) is 10.8. The molecule has 8 heteroatoms. The Kier molecular flexibility index (Phi) is 8.23. The van der Waals surface area contributed by atoms with Gasteiger partial charge in [-0.3, -0.25) is 19.4 Å². The van der Waals surface area contributed by atoms with Gasteiger partial charge in [-0.2, -0.15) is 11.8 Å². The maximum absolute atomic E-state index is 13.4. The second kappa shape index (κ2) is 10.8. The molecule has 0 saturated carbocycles. The van der Waals surface area contributed by atoms with Gasteiger partial charge in [0, 0.05) is 42.0 Å². The minimum atomic E-state index is -0.722. The number of esters is 2. The van der Waals surface area contributed by atoms with Gasteiger partial charge >= 0.3 is 11.9 Å². The first-order chi connectivity index (χ1) is 16.1. The Bertz CT molecular complexity index is 1040.